The van der Waals surface area contributed by atoms with Crippen LogP contribution in [0.2, 0.25) is 0 Å². The van der Waals surface area contributed by atoms with Crippen LogP contribution in [0.5, 0.6) is 0 Å². The minimum Gasteiger partial charge on any atom is -0.376 e. The Hall–Kier alpha value is -0.770. The Bertz CT molecular complexity index is 229. The Kier molecular flexibility index (Phi) is 3.46. The predicted octanol–water partition coefficient (Wildman–Crippen LogP) is 1.26. The van der Waals surface area contributed by atoms with Gasteiger partial charge in [-0.25, -0.2) is 4.79 Å². The number of carbonyl (C=O) groups is 1. The van der Waals surface area contributed by atoms with Crippen LogP contribution >= 0.6 is 0 Å². The van der Waals surface area contributed by atoms with E-state index in [1.807, 2.05) is 6.92 Å². The van der Waals surface area contributed by atoms with Crippen LogP contribution in [0.4, 0.5) is 4.79 Å². The molecule has 15 heavy (non-hydrogen) atoms. The lowest BCUT2D eigenvalue weighted by molar-refractivity contribution is 0.0825. The van der Waals surface area contributed by atoms with Crippen molar-refractivity contribution < 1.29 is 9.53 Å². The number of rotatable bonds is 4. The van der Waals surface area contributed by atoms with Gasteiger partial charge in [-0.05, 0) is 31.6 Å². The normalized spacial score (nSPS) is 30.2. The van der Waals surface area contributed by atoms with Crippen LogP contribution in [0, 0.1) is 5.92 Å². The maximum absolute atomic E-state index is 11.5. The van der Waals surface area contributed by atoms with Crippen LogP contribution in [-0.4, -0.2) is 31.3 Å². The largest absolute Gasteiger partial charge is 0.376 e. The van der Waals surface area contributed by atoms with Crippen molar-refractivity contribution in [2.75, 3.05) is 13.2 Å². The van der Waals surface area contributed by atoms with Gasteiger partial charge in [0.1, 0.15) is 0 Å². The van der Waals surface area contributed by atoms with E-state index < -0.39 is 0 Å². The molecule has 0 aromatic heterocycles. The van der Waals surface area contributed by atoms with Gasteiger partial charge in [-0.15, -0.1) is 0 Å². The smallest absolute Gasteiger partial charge is 0.315 e. The molecule has 2 rings (SSSR count). The van der Waals surface area contributed by atoms with Crippen LogP contribution in [0.3, 0.4) is 0 Å². The van der Waals surface area contributed by atoms with Crippen molar-refractivity contribution in [1.82, 2.24) is 10.6 Å². The van der Waals surface area contributed by atoms with Gasteiger partial charge in [-0.3, -0.25) is 0 Å². The van der Waals surface area contributed by atoms with E-state index in [0.29, 0.717) is 5.92 Å². The van der Waals surface area contributed by atoms with Gasteiger partial charge in [-0.2, -0.15) is 0 Å². The van der Waals surface area contributed by atoms with Gasteiger partial charge in [0, 0.05) is 13.2 Å². The van der Waals surface area contributed by atoms with E-state index in [1.54, 1.807) is 0 Å². The highest BCUT2D eigenvalue weighted by molar-refractivity contribution is 5.74. The van der Waals surface area contributed by atoms with Gasteiger partial charge in [-0.1, -0.05) is 6.92 Å². The lowest BCUT2D eigenvalue weighted by Gasteiger charge is -2.19. The molecule has 2 atom stereocenters. The Morgan fingerprint density at radius 2 is 2.20 bits per heavy atom. The molecule has 2 N–H and O–H groups in total. The summed E-state index contributed by atoms with van der Waals surface area (Å²) in [6, 6.07) is 0.187. The third-order valence-corrected chi connectivity index (χ3v) is 3.07. The SMILES string of the molecule is CCCNC(=O)NC1CCOC1C1CC1. The molecule has 1 saturated carbocycles. The molecule has 2 aliphatic rings. The molecule has 1 aliphatic heterocycles. The Morgan fingerprint density at radius 3 is 2.87 bits per heavy atom. The highest BCUT2D eigenvalue weighted by atomic mass is 16.5. The monoisotopic (exact) mass is 212 g/mol. The molecule has 0 bridgehead atoms. The number of ether oxygens (including phenoxy) is 1. The minimum atomic E-state index is -0.0435. The first-order valence-corrected chi connectivity index (χ1v) is 5.97. The summed E-state index contributed by atoms with van der Waals surface area (Å²) in [5.41, 5.74) is 0. The van der Waals surface area contributed by atoms with E-state index >= 15 is 0 Å². The van der Waals surface area contributed by atoms with Crippen molar-refractivity contribution >= 4 is 6.03 Å². The zero-order valence-corrected chi connectivity index (χ0v) is 9.29. The molecule has 2 fully saturated rings. The highest BCUT2D eigenvalue weighted by Gasteiger charge is 2.41. The lowest BCUT2D eigenvalue weighted by atomic mass is 10.1. The van der Waals surface area contributed by atoms with Crippen LogP contribution in [-0.2, 0) is 4.74 Å². The van der Waals surface area contributed by atoms with E-state index in [9.17, 15) is 4.79 Å². The first-order chi connectivity index (χ1) is 7.31. The van der Waals surface area contributed by atoms with E-state index in [1.165, 1.54) is 12.8 Å². The maximum atomic E-state index is 11.5. The van der Waals surface area contributed by atoms with Crippen LogP contribution in [0.25, 0.3) is 0 Å². The number of nitrogens with one attached hydrogen (secondary N) is 2. The molecule has 1 aliphatic carbocycles. The number of carbonyl (C=O) groups excluding carboxylic acids is 1. The second-order valence-corrected chi connectivity index (χ2v) is 4.47. The molecular weight excluding hydrogens is 192 g/mol. The second kappa shape index (κ2) is 4.84. The zero-order chi connectivity index (χ0) is 10.7. The quantitative estimate of drug-likeness (QED) is 0.737. The average Bonchev–Trinajstić information content (AvgIpc) is 2.97. The molecule has 0 aromatic carbocycles. The molecule has 4 nitrogen and oxygen atoms in total. The molecule has 1 saturated heterocycles. The van der Waals surface area contributed by atoms with Crippen LogP contribution < -0.4 is 10.6 Å². The van der Waals surface area contributed by atoms with Gasteiger partial charge in [0.2, 0.25) is 0 Å². The van der Waals surface area contributed by atoms with E-state index in [2.05, 4.69) is 10.6 Å². The molecule has 2 unspecified atom stereocenters. The van der Waals surface area contributed by atoms with Gasteiger partial charge >= 0.3 is 6.03 Å². The molecular formula is C11H20N2O2. The first kappa shape index (κ1) is 10.7. The molecule has 86 valence electrons. The van der Waals surface area contributed by atoms with E-state index in [0.717, 1.165) is 26.0 Å². The van der Waals surface area contributed by atoms with Gasteiger partial charge in [0.25, 0.3) is 0 Å². The van der Waals surface area contributed by atoms with Crippen molar-refractivity contribution in [2.45, 2.75) is 44.8 Å². The van der Waals surface area contributed by atoms with Crippen molar-refractivity contribution in [3.05, 3.63) is 0 Å². The molecule has 4 heteroatoms. The fraction of sp³-hybridized carbons (Fsp3) is 0.909. The fourth-order valence-corrected chi connectivity index (χ4v) is 2.11. The minimum absolute atomic E-state index is 0.0435. The third kappa shape index (κ3) is 2.84. The summed E-state index contributed by atoms with van der Waals surface area (Å²) in [6.45, 7) is 3.58. The zero-order valence-electron chi connectivity index (χ0n) is 9.29. The molecule has 0 aromatic rings. The van der Waals surface area contributed by atoms with Crippen LogP contribution in [0.15, 0.2) is 0 Å². The highest BCUT2D eigenvalue weighted by Crippen LogP contribution is 2.38. The van der Waals surface area contributed by atoms with Gasteiger partial charge in [0.05, 0.1) is 12.1 Å². The third-order valence-electron chi connectivity index (χ3n) is 3.07. The molecule has 0 spiro atoms. The molecule has 2 amide bonds. The molecule has 1 heterocycles. The van der Waals surface area contributed by atoms with Gasteiger partial charge < -0.3 is 15.4 Å². The summed E-state index contributed by atoms with van der Waals surface area (Å²) in [6.07, 6.45) is 4.73. The Balaban J connectivity index is 1.74. The Morgan fingerprint density at radius 1 is 1.40 bits per heavy atom. The molecule has 0 radical (unpaired) electrons. The fourth-order valence-electron chi connectivity index (χ4n) is 2.11. The summed E-state index contributed by atoms with van der Waals surface area (Å²) in [5, 5.41) is 5.84. The first-order valence-electron chi connectivity index (χ1n) is 5.97. The van der Waals surface area contributed by atoms with Crippen molar-refractivity contribution in [2.24, 2.45) is 5.92 Å². The maximum Gasteiger partial charge on any atom is 0.315 e. The Labute approximate surface area is 90.8 Å². The second-order valence-electron chi connectivity index (χ2n) is 4.47. The summed E-state index contributed by atoms with van der Waals surface area (Å²) in [7, 11) is 0. The number of hydrogen-bond donors (Lipinski definition) is 2. The van der Waals surface area contributed by atoms with E-state index in [-0.39, 0.29) is 18.2 Å². The standard InChI is InChI=1S/C11H20N2O2/c1-2-6-12-11(14)13-9-5-7-15-10(9)8-3-4-8/h8-10H,2-7H2,1H3,(H2,12,13,14). The summed E-state index contributed by atoms with van der Waals surface area (Å²) in [5.74, 6) is 0.698. The van der Waals surface area contributed by atoms with Crippen molar-refractivity contribution in [1.29, 1.82) is 0 Å². The summed E-state index contributed by atoms with van der Waals surface area (Å²) in [4.78, 5) is 11.5. The van der Waals surface area contributed by atoms with Crippen molar-refractivity contribution in [3.8, 4) is 0 Å². The van der Waals surface area contributed by atoms with Crippen molar-refractivity contribution in [3.63, 3.8) is 0 Å². The topological polar surface area (TPSA) is 50.4 Å². The number of urea groups is 1. The van der Waals surface area contributed by atoms with E-state index in [4.69, 9.17) is 4.74 Å². The van der Waals surface area contributed by atoms with Crippen LogP contribution in [0.1, 0.15) is 32.6 Å². The number of hydrogen-bond acceptors (Lipinski definition) is 2. The van der Waals surface area contributed by atoms with Gasteiger partial charge in [0.15, 0.2) is 0 Å². The lowest BCUT2D eigenvalue weighted by Crippen LogP contribution is -2.46. The summed E-state index contributed by atoms with van der Waals surface area (Å²) < 4.78 is 5.65. The average molecular weight is 212 g/mol. The summed E-state index contributed by atoms with van der Waals surface area (Å²) >= 11 is 0. The number of amides is 2. The predicted molar refractivity (Wildman–Crippen MR) is 57.7 cm³/mol.